The number of carbonyl (C=O) groups is 1. The van der Waals surface area contributed by atoms with Gasteiger partial charge in [-0.3, -0.25) is 4.79 Å². The summed E-state index contributed by atoms with van der Waals surface area (Å²) >= 11 is 0. The first-order valence-electron chi connectivity index (χ1n) is 9.04. The third-order valence-corrected chi connectivity index (χ3v) is 4.18. The number of amides is 1. The highest BCUT2D eigenvalue weighted by Crippen LogP contribution is 2.22. The number of carbonyl (C=O) groups excluding carboxylic acids is 1. The quantitative estimate of drug-likeness (QED) is 0.429. The Kier molecular flexibility index (Phi) is 5.20. The average Bonchev–Trinajstić information content (AvgIpc) is 3.22. The van der Waals surface area contributed by atoms with Crippen molar-refractivity contribution in [2.45, 2.75) is 6.42 Å². The van der Waals surface area contributed by atoms with Crippen LogP contribution >= 0.6 is 0 Å². The molecule has 0 spiro atoms. The van der Waals surface area contributed by atoms with Gasteiger partial charge in [0.15, 0.2) is 0 Å². The van der Waals surface area contributed by atoms with Crippen molar-refractivity contribution in [2.75, 3.05) is 16.4 Å². The van der Waals surface area contributed by atoms with Crippen LogP contribution in [0, 0.1) is 0 Å². The average molecular weight is 385 g/mol. The Bertz CT molecular complexity index is 1110. The zero-order valence-corrected chi connectivity index (χ0v) is 15.5. The highest BCUT2D eigenvalue weighted by atomic mass is 16.3. The molecule has 144 valence electrons. The van der Waals surface area contributed by atoms with E-state index in [1.807, 2.05) is 54.6 Å². The number of furan rings is 1. The van der Waals surface area contributed by atoms with Crippen molar-refractivity contribution in [3.05, 3.63) is 85.0 Å². The number of nitrogens with two attached hydrogens (primary N) is 1. The number of rotatable bonds is 6. The summed E-state index contributed by atoms with van der Waals surface area (Å²) in [6.45, 7) is 0. The molecule has 0 saturated carbocycles. The molecule has 2 heterocycles. The monoisotopic (exact) mass is 385 g/mol. The summed E-state index contributed by atoms with van der Waals surface area (Å²) in [4.78, 5) is 20.9. The van der Waals surface area contributed by atoms with E-state index in [0.29, 0.717) is 23.1 Å². The number of nitrogens with one attached hydrogen (secondary N) is 2. The van der Waals surface area contributed by atoms with Crippen LogP contribution in [0.25, 0.3) is 11.3 Å². The molecule has 7 heteroatoms. The number of benzene rings is 2. The largest absolute Gasteiger partial charge is 0.469 e. The molecule has 4 N–H and O–H groups in total. The van der Waals surface area contributed by atoms with Crippen molar-refractivity contribution in [1.29, 1.82) is 0 Å². The highest BCUT2D eigenvalue weighted by molar-refractivity contribution is 5.92. The van der Waals surface area contributed by atoms with Crippen molar-refractivity contribution in [1.82, 2.24) is 9.97 Å². The first-order chi connectivity index (χ1) is 14.2. The van der Waals surface area contributed by atoms with Crippen LogP contribution in [-0.2, 0) is 11.2 Å². The molecule has 2 aromatic heterocycles. The molecule has 29 heavy (non-hydrogen) atoms. The summed E-state index contributed by atoms with van der Waals surface area (Å²) in [5, 5.41) is 6.00. The second-order valence-corrected chi connectivity index (χ2v) is 6.40. The van der Waals surface area contributed by atoms with Crippen molar-refractivity contribution in [2.24, 2.45) is 0 Å². The normalized spacial score (nSPS) is 10.5. The standard InChI is InChI=1S/C22H19N5O2/c23-16-3-1-4-18(13-16)26-22-24-11-10-20(27-22)15-6-8-17(9-7-15)25-21(28)14-19-5-2-12-29-19/h1-13H,14,23H2,(H,25,28)(H,24,26,27). The number of aromatic nitrogens is 2. The minimum absolute atomic E-state index is 0.136. The van der Waals surface area contributed by atoms with Crippen LogP contribution in [0.2, 0.25) is 0 Å². The van der Waals surface area contributed by atoms with Crippen LogP contribution in [0.1, 0.15) is 5.76 Å². The lowest BCUT2D eigenvalue weighted by Gasteiger charge is -2.08. The van der Waals surface area contributed by atoms with Gasteiger partial charge in [-0.1, -0.05) is 18.2 Å². The molecule has 0 aliphatic rings. The van der Waals surface area contributed by atoms with E-state index in [0.717, 1.165) is 16.9 Å². The number of anilines is 4. The Labute approximate surface area is 167 Å². The van der Waals surface area contributed by atoms with E-state index in [1.54, 1.807) is 24.6 Å². The van der Waals surface area contributed by atoms with Gasteiger partial charge in [0, 0.05) is 28.8 Å². The fourth-order valence-electron chi connectivity index (χ4n) is 2.83. The highest BCUT2D eigenvalue weighted by Gasteiger charge is 2.07. The van der Waals surface area contributed by atoms with Crippen molar-refractivity contribution in [3.63, 3.8) is 0 Å². The van der Waals surface area contributed by atoms with Crippen LogP contribution in [0.5, 0.6) is 0 Å². The van der Waals surface area contributed by atoms with Gasteiger partial charge in [0.05, 0.1) is 18.4 Å². The number of hydrogen-bond donors (Lipinski definition) is 3. The molecule has 0 unspecified atom stereocenters. The van der Waals surface area contributed by atoms with Gasteiger partial charge in [-0.2, -0.15) is 0 Å². The third kappa shape index (κ3) is 4.78. The molecule has 1 amide bonds. The zero-order valence-electron chi connectivity index (χ0n) is 15.5. The van der Waals surface area contributed by atoms with Crippen LogP contribution in [0.3, 0.4) is 0 Å². The van der Waals surface area contributed by atoms with E-state index in [2.05, 4.69) is 20.6 Å². The molecule has 0 fully saturated rings. The van der Waals surface area contributed by atoms with Gasteiger partial charge in [0.25, 0.3) is 0 Å². The Hall–Kier alpha value is -4.13. The zero-order chi connectivity index (χ0) is 20.1. The summed E-state index contributed by atoms with van der Waals surface area (Å²) < 4.78 is 5.19. The van der Waals surface area contributed by atoms with Gasteiger partial charge in [0.2, 0.25) is 11.9 Å². The second kappa shape index (κ2) is 8.26. The maximum Gasteiger partial charge on any atom is 0.231 e. The van der Waals surface area contributed by atoms with E-state index in [4.69, 9.17) is 10.2 Å². The maximum atomic E-state index is 12.1. The van der Waals surface area contributed by atoms with Gasteiger partial charge in [-0.15, -0.1) is 0 Å². The minimum Gasteiger partial charge on any atom is -0.469 e. The Balaban J connectivity index is 1.44. The van der Waals surface area contributed by atoms with Crippen LogP contribution in [0.4, 0.5) is 23.0 Å². The first kappa shape index (κ1) is 18.2. The second-order valence-electron chi connectivity index (χ2n) is 6.40. The van der Waals surface area contributed by atoms with Gasteiger partial charge in [0.1, 0.15) is 5.76 Å². The van der Waals surface area contributed by atoms with E-state index in [9.17, 15) is 4.79 Å². The topological polar surface area (TPSA) is 106 Å². The summed E-state index contributed by atoms with van der Waals surface area (Å²) in [6, 6.07) is 20.2. The molecule has 2 aromatic carbocycles. The summed E-state index contributed by atoms with van der Waals surface area (Å²) in [6.07, 6.45) is 3.44. The molecule has 0 saturated heterocycles. The molecule has 0 radical (unpaired) electrons. The summed E-state index contributed by atoms with van der Waals surface area (Å²) in [7, 11) is 0. The number of nitrogens with zero attached hydrogens (tertiary/aromatic N) is 2. The molecule has 0 atom stereocenters. The molecule has 0 bridgehead atoms. The Morgan fingerprint density at radius 2 is 1.86 bits per heavy atom. The predicted octanol–water partition coefficient (Wildman–Crippen LogP) is 4.24. The Morgan fingerprint density at radius 3 is 2.62 bits per heavy atom. The summed E-state index contributed by atoms with van der Waals surface area (Å²) in [5.74, 6) is 0.965. The van der Waals surface area contributed by atoms with E-state index < -0.39 is 0 Å². The number of hydrogen-bond acceptors (Lipinski definition) is 6. The molecular weight excluding hydrogens is 366 g/mol. The summed E-state index contributed by atoms with van der Waals surface area (Å²) in [5.41, 5.74) is 9.66. The molecule has 0 aliphatic carbocycles. The van der Waals surface area contributed by atoms with Gasteiger partial charge in [-0.05, 0) is 48.5 Å². The molecule has 7 nitrogen and oxygen atoms in total. The lowest BCUT2D eigenvalue weighted by atomic mass is 10.1. The fraction of sp³-hybridized carbons (Fsp3) is 0.0455. The minimum atomic E-state index is -0.136. The molecule has 4 aromatic rings. The van der Waals surface area contributed by atoms with Gasteiger partial charge < -0.3 is 20.8 Å². The Morgan fingerprint density at radius 1 is 1.00 bits per heavy atom. The smallest absolute Gasteiger partial charge is 0.231 e. The van der Waals surface area contributed by atoms with Crippen molar-refractivity contribution >= 4 is 28.9 Å². The van der Waals surface area contributed by atoms with Crippen LogP contribution in [0.15, 0.2) is 83.6 Å². The van der Waals surface area contributed by atoms with Crippen LogP contribution in [-0.4, -0.2) is 15.9 Å². The molecule has 0 aliphatic heterocycles. The lowest BCUT2D eigenvalue weighted by molar-refractivity contribution is -0.115. The van der Waals surface area contributed by atoms with Crippen molar-refractivity contribution in [3.8, 4) is 11.3 Å². The van der Waals surface area contributed by atoms with Gasteiger partial charge >= 0.3 is 0 Å². The molecule has 4 rings (SSSR count). The van der Waals surface area contributed by atoms with Crippen molar-refractivity contribution < 1.29 is 9.21 Å². The van der Waals surface area contributed by atoms with E-state index >= 15 is 0 Å². The van der Waals surface area contributed by atoms with Crippen LogP contribution < -0.4 is 16.4 Å². The van der Waals surface area contributed by atoms with E-state index in [-0.39, 0.29) is 12.3 Å². The lowest BCUT2D eigenvalue weighted by Crippen LogP contribution is -2.13. The maximum absolute atomic E-state index is 12.1. The SMILES string of the molecule is Nc1cccc(Nc2nccc(-c3ccc(NC(=O)Cc4ccco4)cc3)n2)c1. The predicted molar refractivity (Wildman–Crippen MR) is 113 cm³/mol. The third-order valence-electron chi connectivity index (χ3n) is 4.18. The molecular formula is C22H19N5O2. The first-order valence-corrected chi connectivity index (χ1v) is 9.04. The fourth-order valence-corrected chi connectivity index (χ4v) is 2.83. The van der Waals surface area contributed by atoms with E-state index in [1.165, 1.54) is 0 Å². The van der Waals surface area contributed by atoms with Gasteiger partial charge in [-0.25, -0.2) is 9.97 Å². The number of nitrogen functional groups attached to an aromatic ring is 1.